The Morgan fingerprint density at radius 2 is 2.08 bits per heavy atom. The summed E-state index contributed by atoms with van der Waals surface area (Å²) in [4.78, 5) is 4.67. The lowest BCUT2D eigenvalue weighted by Crippen LogP contribution is -2.27. The first-order chi connectivity index (χ1) is 5.89. The smallest absolute Gasteiger partial charge is 0.157 e. The maximum Gasteiger partial charge on any atom is 0.157 e. The van der Waals surface area contributed by atoms with Crippen molar-refractivity contribution in [3.8, 4) is 0 Å². The van der Waals surface area contributed by atoms with Gasteiger partial charge in [0, 0.05) is 11.8 Å². The van der Waals surface area contributed by atoms with Crippen molar-refractivity contribution in [3.63, 3.8) is 0 Å². The van der Waals surface area contributed by atoms with Crippen LogP contribution in [-0.2, 0) is 0 Å². The molecule has 1 atom stereocenters. The molecule has 13 heavy (non-hydrogen) atoms. The highest BCUT2D eigenvalue weighted by Crippen LogP contribution is 2.30. The predicted octanol–water partition coefficient (Wildman–Crippen LogP) is 2.50. The lowest BCUT2D eigenvalue weighted by atomic mass is 9.88. The number of nitrogens with one attached hydrogen (secondary N) is 1. The highest BCUT2D eigenvalue weighted by molar-refractivity contribution is 8.14. The molecule has 1 N–H and O–H groups in total. The Kier molecular flexibility index (Phi) is 3.28. The summed E-state index contributed by atoms with van der Waals surface area (Å²) in [6.45, 7) is 11.0. The normalized spacial score (nSPS) is 23.5. The van der Waals surface area contributed by atoms with Crippen LogP contribution >= 0.6 is 11.8 Å². The number of hydrogen-bond acceptors (Lipinski definition) is 3. The van der Waals surface area contributed by atoms with Gasteiger partial charge in [0.15, 0.2) is 5.17 Å². The quantitative estimate of drug-likeness (QED) is 0.703. The van der Waals surface area contributed by atoms with Gasteiger partial charge in [0.05, 0.1) is 6.04 Å². The molecule has 0 saturated heterocycles. The first kappa shape index (κ1) is 10.9. The third-order valence-corrected chi connectivity index (χ3v) is 3.04. The molecule has 0 aromatic heterocycles. The van der Waals surface area contributed by atoms with E-state index in [4.69, 9.17) is 0 Å². The van der Waals surface area contributed by atoms with Crippen LogP contribution in [0.25, 0.3) is 0 Å². The summed E-state index contributed by atoms with van der Waals surface area (Å²) in [6.07, 6.45) is 0. The SMILES string of the molecule is CC(C)NC1=NC(C(C)(C)C)CS1. The second-order valence-electron chi connectivity index (χ2n) is 4.93. The molecule has 0 bridgehead atoms. The molecule has 76 valence electrons. The molecular formula is C10H20N2S. The molecule has 1 aliphatic rings. The Morgan fingerprint density at radius 3 is 2.46 bits per heavy atom. The fourth-order valence-corrected chi connectivity index (χ4v) is 2.55. The summed E-state index contributed by atoms with van der Waals surface area (Å²) < 4.78 is 0. The van der Waals surface area contributed by atoms with Crippen molar-refractivity contribution in [3.05, 3.63) is 0 Å². The van der Waals surface area contributed by atoms with Crippen LogP contribution < -0.4 is 5.32 Å². The van der Waals surface area contributed by atoms with Gasteiger partial charge in [-0.2, -0.15) is 0 Å². The molecule has 3 heteroatoms. The third kappa shape index (κ3) is 3.22. The van der Waals surface area contributed by atoms with Crippen molar-refractivity contribution in [1.82, 2.24) is 5.32 Å². The molecular weight excluding hydrogens is 180 g/mol. The number of hydrogen-bond donors (Lipinski definition) is 1. The molecule has 1 unspecified atom stereocenters. The van der Waals surface area contributed by atoms with E-state index < -0.39 is 0 Å². The molecule has 1 rings (SSSR count). The van der Waals surface area contributed by atoms with Crippen molar-refractivity contribution in [1.29, 1.82) is 0 Å². The average molecular weight is 200 g/mol. The van der Waals surface area contributed by atoms with E-state index in [-0.39, 0.29) is 0 Å². The predicted molar refractivity (Wildman–Crippen MR) is 61.4 cm³/mol. The van der Waals surface area contributed by atoms with Gasteiger partial charge in [-0.25, -0.2) is 0 Å². The molecule has 0 aliphatic carbocycles. The zero-order chi connectivity index (χ0) is 10.1. The number of rotatable bonds is 1. The Morgan fingerprint density at radius 1 is 1.46 bits per heavy atom. The summed E-state index contributed by atoms with van der Waals surface area (Å²) in [5.41, 5.74) is 0.299. The summed E-state index contributed by atoms with van der Waals surface area (Å²) >= 11 is 1.84. The Hall–Kier alpha value is -0.180. The Balaban J connectivity index is 2.54. The minimum Gasteiger partial charge on any atom is -0.363 e. The molecule has 0 radical (unpaired) electrons. The van der Waals surface area contributed by atoms with Crippen LogP contribution in [0.1, 0.15) is 34.6 Å². The first-order valence-electron chi connectivity index (χ1n) is 4.86. The van der Waals surface area contributed by atoms with Gasteiger partial charge in [0.25, 0.3) is 0 Å². The standard InChI is InChI=1S/C10H20N2S/c1-7(2)11-9-12-8(6-13-9)10(3,4)5/h7-8H,6H2,1-5H3,(H,11,12). The van der Waals surface area contributed by atoms with Gasteiger partial charge in [-0.15, -0.1) is 0 Å². The highest BCUT2D eigenvalue weighted by Gasteiger charge is 2.29. The zero-order valence-corrected chi connectivity index (χ0v) is 10.0. The second-order valence-corrected chi connectivity index (χ2v) is 5.93. The fraction of sp³-hybridized carbons (Fsp3) is 0.900. The minimum absolute atomic E-state index is 0.299. The largest absolute Gasteiger partial charge is 0.363 e. The molecule has 0 aromatic carbocycles. The fourth-order valence-electron chi connectivity index (χ4n) is 1.14. The minimum atomic E-state index is 0.299. The summed E-state index contributed by atoms with van der Waals surface area (Å²) in [7, 11) is 0. The van der Waals surface area contributed by atoms with Crippen LogP contribution in [0.15, 0.2) is 4.99 Å². The van der Waals surface area contributed by atoms with E-state index in [0.717, 1.165) is 10.9 Å². The van der Waals surface area contributed by atoms with Gasteiger partial charge in [-0.05, 0) is 19.3 Å². The third-order valence-electron chi connectivity index (χ3n) is 2.06. The molecule has 0 fully saturated rings. The van der Waals surface area contributed by atoms with Gasteiger partial charge >= 0.3 is 0 Å². The molecule has 2 nitrogen and oxygen atoms in total. The number of aliphatic imine (C=N–C) groups is 1. The molecule has 0 aromatic rings. The topological polar surface area (TPSA) is 24.4 Å². The number of amidine groups is 1. The number of nitrogens with zero attached hydrogens (tertiary/aromatic N) is 1. The van der Waals surface area contributed by atoms with E-state index in [1.807, 2.05) is 11.8 Å². The average Bonchev–Trinajstić information content (AvgIpc) is 2.32. The summed E-state index contributed by atoms with van der Waals surface area (Å²) in [5.74, 6) is 1.12. The van der Waals surface area contributed by atoms with Gasteiger partial charge in [0.2, 0.25) is 0 Å². The lowest BCUT2D eigenvalue weighted by Gasteiger charge is -2.22. The molecule has 1 aliphatic heterocycles. The van der Waals surface area contributed by atoms with Gasteiger partial charge in [-0.3, -0.25) is 4.99 Å². The monoisotopic (exact) mass is 200 g/mol. The zero-order valence-electron chi connectivity index (χ0n) is 9.22. The van der Waals surface area contributed by atoms with E-state index in [1.54, 1.807) is 0 Å². The van der Waals surface area contributed by atoms with Crippen molar-refractivity contribution in [2.24, 2.45) is 10.4 Å². The van der Waals surface area contributed by atoms with Crippen LogP contribution in [0.2, 0.25) is 0 Å². The van der Waals surface area contributed by atoms with Crippen molar-refractivity contribution < 1.29 is 0 Å². The first-order valence-corrected chi connectivity index (χ1v) is 5.85. The summed E-state index contributed by atoms with van der Waals surface area (Å²) in [6, 6.07) is 0.962. The van der Waals surface area contributed by atoms with E-state index in [1.165, 1.54) is 0 Å². The second kappa shape index (κ2) is 3.91. The van der Waals surface area contributed by atoms with Crippen LogP contribution in [0.5, 0.6) is 0 Å². The van der Waals surface area contributed by atoms with Crippen LogP contribution in [-0.4, -0.2) is 23.0 Å². The Labute approximate surface area is 85.6 Å². The highest BCUT2D eigenvalue weighted by atomic mass is 32.2. The van der Waals surface area contributed by atoms with E-state index in [2.05, 4.69) is 44.9 Å². The molecule has 0 amide bonds. The number of thioether (sulfide) groups is 1. The van der Waals surface area contributed by atoms with E-state index >= 15 is 0 Å². The molecule has 0 spiro atoms. The van der Waals surface area contributed by atoms with E-state index in [9.17, 15) is 0 Å². The maximum atomic E-state index is 4.67. The van der Waals surface area contributed by atoms with Crippen molar-refractivity contribution in [2.75, 3.05) is 5.75 Å². The Bertz CT molecular complexity index is 203. The summed E-state index contributed by atoms with van der Waals surface area (Å²) in [5, 5.41) is 4.48. The van der Waals surface area contributed by atoms with Crippen molar-refractivity contribution in [2.45, 2.75) is 46.7 Å². The lowest BCUT2D eigenvalue weighted by molar-refractivity contribution is 0.348. The molecule has 1 heterocycles. The van der Waals surface area contributed by atoms with Gasteiger partial charge in [0.1, 0.15) is 0 Å². The van der Waals surface area contributed by atoms with Gasteiger partial charge in [-0.1, -0.05) is 32.5 Å². The van der Waals surface area contributed by atoms with Crippen LogP contribution in [0.3, 0.4) is 0 Å². The maximum absolute atomic E-state index is 4.67. The van der Waals surface area contributed by atoms with Crippen LogP contribution in [0.4, 0.5) is 0 Å². The van der Waals surface area contributed by atoms with Crippen molar-refractivity contribution >= 4 is 16.9 Å². The molecule has 0 saturated carbocycles. The van der Waals surface area contributed by atoms with Crippen LogP contribution in [0, 0.1) is 5.41 Å². The van der Waals surface area contributed by atoms with Gasteiger partial charge < -0.3 is 5.32 Å². The van der Waals surface area contributed by atoms with E-state index in [0.29, 0.717) is 17.5 Å².